The Hall–Kier alpha value is -1.89. The summed E-state index contributed by atoms with van der Waals surface area (Å²) >= 11 is 0. The molecule has 0 aliphatic heterocycles. The van der Waals surface area contributed by atoms with Crippen molar-refractivity contribution in [2.75, 3.05) is 25.6 Å². The van der Waals surface area contributed by atoms with Gasteiger partial charge in [-0.05, 0) is 12.3 Å². The lowest BCUT2D eigenvalue weighted by Gasteiger charge is -2.14. The maximum atomic E-state index is 5.70. The summed E-state index contributed by atoms with van der Waals surface area (Å²) in [5.74, 6) is 1.19. The van der Waals surface area contributed by atoms with Gasteiger partial charge >= 0.3 is 0 Å². The van der Waals surface area contributed by atoms with Gasteiger partial charge in [0.2, 0.25) is 11.8 Å². The Morgan fingerprint density at radius 1 is 1.27 bits per heavy atom. The third-order valence-electron chi connectivity index (χ3n) is 3.63. The zero-order valence-electron chi connectivity index (χ0n) is 13.3. The number of hydrogen-bond donors (Lipinski definition) is 2. The minimum Gasteiger partial charge on any atom is -0.474 e. The van der Waals surface area contributed by atoms with Gasteiger partial charge in [0.1, 0.15) is 6.61 Å². The SMILES string of the molecule is CCCCC(CC)COCCOc1nc(N)nc2[nH]cnc12. The van der Waals surface area contributed by atoms with E-state index in [9.17, 15) is 0 Å². The van der Waals surface area contributed by atoms with Gasteiger partial charge in [0, 0.05) is 6.61 Å². The molecule has 0 aliphatic rings. The Balaban J connectivity index is 1.75. The first-order valence-electron chi connectivity index (χ1n) is 7.91. The number of nitrogens with zero attached hydrogens (tertiary/aromatic N) is 3. The van der Waals surface area contributed by atoms with E-state index in [1.807, 2.05) is 0 Å². The number of imidazole rings is 1. The van der Waals surface area contributed by atoms with Crippen LogP contribution in [0, 0.1) is 5.92 Å². The van der Waals surface area contributed by atoms with Crippen LogP contribution in [-0.2, 0) is 4.74 Å². The molecule has 2 heterocycles. The fourth-order valence-electron chi connectivity index (χ4n) is 2.27. The highest BCUT2D eigenvalue weighted by Crippen LogP contribution is 2.19. The lowest BCUT2D eigenvalue weighted by molar-refractivity contribution is 0.0692. The molecule has 0 amide bonds. The van der Waals surface area contributed by atoms with Gasteiger partial charge in [-0.25, -0.2) is 4.98 Å². The molecule has 0 saturated carbocycles. The third kappa shape index (κ3) is 4.56. The molecule has 22 heavy (non-hydrogen) atoms. The minimum atomic E-state index is 0.165. The van der Waals surface area contributed by atoms with Gasteiger partial charge in [-0.15, -0.1) is 0 Å². The monoisotopic (exact) mass is 307 g/mol. The molecule has 0 spiro atoms. The smallest absolute Gasteiger partial charge is 0.247 e. The van der Waals surface area contributed by atoms with Crippen LogP contribution in [0.4, 0.5) is 5.95 Å². The Labute approximate surface area is 130 Å². The summed E-state index contributed by atoms with van der Waals surface area (Å²) in [6.07, 6.45) is 6.41. The van der Waals surface area contributed by atoms with E-state index >= 15 is 0 Å². The van der Waals surface area contributed by atoms with Crippen molar-refractivity contribution in [1.82, 2.24) is 19.9 Å². The summed E-state index contributed by atoms with van der Waals surface area (Å²) in [6, 6.07) is 0. The predicted octanol–water partition coefficient (Wildman–Crippen LogP) is 2.55. The van der Waals surface area contributed by atoms with E-state index in [2.05, 4.69) is 33.8 Å². The van der Waals surface area contributed by atoms with Crippen molar-refractivity contribution in [1.29, 1.82) is 0 Å². The van der Waals surface area contributed by atoms with Crippen molar-refractivity contribution in [2.24, 2.45) is 5.92 Å². The van der Waals surface area contributed by atoms with Gasteiger partial charge in [0.05, 0.1) is 12.9 Å². The lowest BCUT2D eigenvalue weighted by atomic mass is 10.0. The molecule has 2 aromatic heterocycles. The molecule has 2 aromatic rings. The van der Waals surface area contributed by atoms with Gasteiger partial charge in [-0.3, -0.25) is 0 Å². The van der Waals surface area contributed by atoms with Crippen molar-refractivity contribution in [2.45, 2.75) is 39.5 Å². The van der Waals surface area contributed by atoms with Crippen LogP contribution in [0.15, 0.2) is 6.33 Å². The topological polar surface area (TPSA) is 98.9 Å². The Morgan fingerprint density at radius 3 is 2.91 bits per heavy atom. The van der Waals surface area contributed by atoms with E-state index < -0.39 is 0 Å². The number of nitrogen functional groups attached to an aromatic ring is 1. The second-order valence-corrected chi connectivity index (χ2v) is 5.33. The number of hydrogen-bond acceptors (Lipinski definition) is 6. The second kappa shape index (κ2) is 8.53. The zero-order chi connectivity index (χ0) is 15.8. The van der Waals surface area contributed by atoms with Crippen molar-refractivity contribution in [3.05, 3.63) is 6.33 Å². The number of nitrogens with one attached hydrogen (secondary N) is 1. The van der Waals surface area contributed by atoms with E-state index in [0.717, 1.165) is 13.0 Å². The average Bonchev–Trinajstić information content (AvgIpc) is 2.98. The molecular formula is C15H25N5O2. The van der Waals surface area contributed by atoms with Gasteiger partial charge < -0.3 is 20.2 Å². The summed E-state index contributed by atoms with van der Waals surface area (Å²) in [6.45, 7) is 6.15. The van der Waals surface area contributed by atoms with Crippen LogP contribution < -0.4 is 10.5 Å². The Morgan fingerprint density at radius 2 is 2.14 bits per heavy atom. The van der Waals surface area contributed by atoms with Gasteiger partial charge in [0.15, 0.2) is 11.2 Å². The van der Waals surface area contributed by atoms with E-state index in [1.54, 1.807) is 6.33 Å². The number of unbranched alkanes of at least 4 members (excludes halogenated alkanes) is 1. The number of nitrogens with two attached hydrogens (primary N) is 1. The average molecular weight is 307 g/mol. The molecule has 0 aliphatic carbocycles. The quantitative estimate of drug-likeness (QED) is 0.654. The van der Waals surface area contributed by atoms with E-state index in [4.69, 9.17) is 15.2 Å². The minimum absolute atomic E-state index is 0.165. The maximum Gasteiger partial charge on any atom is 0.247 e. The number of aromatic nitrogens is 4. The number of anilines is 1. The molecule has 1 unspecified atom stereocenters. The molecule has 7 nitrogen and oxygen atoms in total. The maximum absolute atomic E-state index is 5.70. The summed E-state index contributed by atoms with van der Waals surface area (Å²) in [5, 5.41) is 0. The van der Waals surface area contributed by atoms with Crippen LogP contribution in [0.25, 0.3) is 11.2 Å². The first-order chi connectivity index (χ1) is 10.7. The summed E-state index contributed by atoms with van der Waals surface area (Å²) in [4.78, 5) is 15.1. The van der Waals surface area contributed by atoms with Gasteiger partial charge in [0.25, 0.3) is 0 Å². The van der Waals surface area contributed by atoms with Crippen molar-refractivity contribution in [3.8, 4) is 5.88 Å². The molecule has 2 rings (SSSR count). The van der Waals surface area contributed by atoms with Crippen LogP contribution in [0.1, 0.15) is 39.5 Å². The predicted molar refractivity (Wildman–Crippen MR) is 85.7 cm³/mol. The Bertz CT molecular complexity index is 572. The van der Waals surface area contributed by atoms with E-state index in [-0.39, 0.29) is 5.95 Å². The van der Waals surface area contributed by atoms with Crippen molar-refractivity contribution >= 4 is 17.1 Å². The van der Waals surface area contributed by atoms with Crippen molar-refractivity contribution < 1.29 is 9.47 Å². The lowest BCUT2D eigenvalue weighted by Crippen LogP contribution is -2.14. The second-order valence-electron chi connectivity index (χ2n) is 5.33. The highest BCUT2D eigenvalue weighted by molar-refractivity contribution is 5.76. The fourth-order valence-corrected chi connectivity index (χ4v) is 2.27. The zero-order valence-corrected chi connectivity index (χ0v) is 13.3. The first kappa shape index (κ1) is 16.5. The van der Waals surface area contributed by atoms with Crippen LogP contribution in [0.2, 0.25) is 0 Å². The summed E-state index contributed by atoms with van der Waals surface area (Å²) < 4.78 is 11.3. The standard InChI is InChI=1S/C15H25N5O2/c1-3-5-6-11(4-2)9-21-7-8-22-14-12-13(18-10-17-12)19-15(16)20-14/h10-11H,3-9H2,1-2H3,(H3,16,17,18,19,20). The molecular weight excluding hydrogens is 282 g/mol. The highest BCUT2D eigenvalue weighted by Gasteiger charge is 2.10. The molecule has 0 fully saturated rings. The highest BCUT2D eigenvalue weighted by atomic mass is 16.5. The number of aromatic amines is 1. The third-order valence-corrected chi connectivity index (χ3v) is 3.63. The number of H-pyrrole nitrogens is 1. The molecule has 0 aromatic carbocycles. The number of ether oxygens (including phenoxy) is 2. The normalized spacial score (nSPS) is 12.6. The van der Waals surface area contributed by atoms with Crippen LogP contribution in [0.3, 0.4) is 0 Å². The van der Waals surface area contributed by atoms with Crippen molar-refractivity contribution in [3.63, 3.8) is 0 Å². The van der Waals surface area contributed by atoms with Crippen LogP contribution >= 0.6 is 0 Å². The van der Waals surface area contributed by atoms with E-state index in [0.29, 0.717) is 36.2 Å². The van der Waals surface area contributed by atoms with Crippen LogP contribution in [0.5, 0.6) is 5.88 Å². The Kier molecular flexibility index (Phi) is 6.39. The molecule has 122 valence electrons. The molecule has 7 heteroatoms. The molecule has 0 radical (unpaired) electrons. The number of fused-ring (bicyclic) bond motifs is 1. The number of rotatable bonds is 10. The largest absolute Gasteiger partial charge is 0.474 e. The van der Waals surface area contributed by atoms with Gasteiger partial charge in [-0.1, -0.05) is 33.1 Å². The molecule has 3 N–H and O–H groups in total. The fraction of sp³-hybridized carbons (Fsp3) is 0.667. The first-order valence-corrected chi connectivity index (χ1v) is 7.91. The molecule has 0 bridgehead atoms. The summed E-state index contributed by atoms with van der Waals surface area (Å²) in [7, 11) is 0. The van der Waals surface area contributed by atoms with E-state index in [1.165, 1.54) is 19.3 Å². The van der Waals surface area contributed by atoms with Crippen LogP contribution in [-0.4, -0.2) is 39.8 Å². The summed E-state index contributed by atoms with van der Waals surface area (Å²) in [5.41, 5.74) is 6.80. The molecule has 1 atom stereocenters. The van der Waals surface area contributed by atoms with Gasteiger partial charge in [-0.2, -0.15) is 9.97 Å². The molecule has 0 saturated heterocycles.